The predicted octanol–water partition coefficient (Wildman–Crippen LogP) is -0.390. The van der Waals surface area contributed by atoms with Gasteiger partial charge in [-0.25, -0.2) is 4.79 Å². The van der Waals surface area contributed by atoms with E-state index < -0.39 is 18.0 Å². The monoisotopic (exact) mass is 206 g/mol. The molecule has 5 N–H and O–H groups in total. The average molecular weight is 206 g/mol. The third-order valence-electron chi connectivity index (χ3n) is 0.941. The lowest BCUT2D eigenvalue weighted by Crippen LogP contribution is -2.31. The maximum absolute atomic E-state index is 9.90. The van der Waals surface area contributed by atoms with Crippen molar-refractivity contribution >= 4 is 18.0 Å². The van der Waals surface area contributed by atoms with E-state index in [9.17, 15) is 14.4 Å². The molecule has 0 aromatic carbocycles. The number of nitrogens with two attached hydrogens (primary N) is 1. The minimum absolute atomic E-state index is 0.0880. The summed E-state index contributed by atoms with van der Waals surface area (Å²) in [5.74, 6) is -1.70. The van der Waals surface area contributed by atoms with Crippen LogP contribution in [-0.2, 0) is 9.59 Å². The minimum Gasteiger partial charge on any atom is -0.481 e. The van der Waals surface area contributed by atoms with Gasteiger partial charge in [0.1, 0.15) is 0 Å². The quantitative estimate of drug-likeness (QED) is 0.497. The van der Waals surface area contributed by atoms with Gasteiger partial charge in [-0.1, -0.05) is 6.92 Å². The zero-order chi connectivity index (χ0) is 11.6. The fourth-order valence-corrected chi connectivity index (χ4v) is 0.293. The number of primary amides is 1. The Bertz CT molecular complexity index is 190. The standard InChI is InChI=1S/C4H8N2O3.C3H6O2/c5-4(9)6-2-1-3(7)8;1-2-3(4)5/h1-2H2,(H,7,8)(H3,5,6,9);2H2,1H3,(H,4,5). The molecule has 0 saturated heterocycles. The summed E-state index contributed by atoms with van der Waals surface area (Å²) < 4.78 is 0. The summed E-state index contributed by atoms with van der Waals surface area (Å²) in [6.07, 6.45) is 0.128. The van der Waals surface area contributed by atoms with Crippen LogP contribution in [0, 0.1) is 0 Å². The number of urea groups is 1. The summed E-state index contributed by atoms with van der Waals surface area (Å²) in [5.41, 5.74) is 4.64. The fourth-order valence-electron chi connectivity index (χ4n) is 0.293. The molecule has 7 heteroatoms. The number of aliphatic carboxylic acids is 2. The Morgan fingerprint density at radius 1 is 1.21 bits per heavy atom. The summed E-state index contributed by atoms with van der Waals surface area (Å²) in [4.78, 5) is 29.1. The van der Waals surface area contributed by atoms with E-state index in [4.69, 9.17) is 10.2 Å². The molecular formula is C7H14N2O5. The molecule has 0 fully saturated rings. The molecule has 0 saturated carbocycles. The van der Waals surface area contributed by atoms with Gasteiger partial charge in [0, 0.05) is 13.0 Å². The Balaban J connectivity index is 0. The van der Waals surface area contributed by atoms with E-state index in [1.54, 1.807) is 6.92 Å². The third kappa shape index (κ3) is 22.5. The zero-order valence-electron chi connectivity index (χ0n) is 7.82. The SMILES string of the molecule is CCC(=O)O.NC(=O)NCCC(=O)O. The number of carboxylic acid groups (broad SMARTS) is 2. The Kier molecular flexibility index (Phi) is 9.78. The molecular weight excluding hydrogens is 192 g/mol. The van der Waals surface area contributed by atoms with E-state index >= 15 is 0 Å². The van der Waals surface area contributed by atoms with Crippen LogP contribution in [0.4, 0.5) is 4.79 Å². The Hall–Kier alpha value is -1.79. The smallest absolute Gasteiger partial charge is 0.312 e. The number of amides is 2. The lowest BCUT2D eigenvalue weighted by molar-refractivity contribution is -0.137. The molecule has 0 aliphatic carbocycles. The predicted molar refractivity (Wildman–Crippen MR) is 47.8 cm³/mol. The fraction of sp³-hybridized carbons (Fsp3) is 0.571. The molecule has 0 aliphatic heterocycles. The molecule has 7 nitrogen and oxygen atoms in total. The van der Waals surface area contributed by atoms with Gasteiger partial charge in [0.25, 0.3) is 0 Å². The van der Waals surface area contributed by atoms with Crippen molar-refractivity contribution in [3.05, 3.63) is 0 Å². The average Bonchev–Trinajstić information content (AvgIpc) is 2.04. The molecule has 0 bridgehead atoms. The van der Waals surface area contributed by atoms with Crippen LogP contribution in [0.3, 0.4) is 0 Å². The van der Waals surface area contributed by atoms with Gasteiger partial charge in [0.2, 0.25) is 0 Å². The molecule has 0 atom stereocenters. The van der Waals surface area contributed by atoms with E-state index in [1.807, 2.05) is 0 Å². The summed E-state index contributed by atoms with van der Waals surface area (Å²) in [7, 11) is 0. The first-order chi connectivity index (χ1) is 6.40. The molecule has 82 valence electrons. The van der Waals surface area contributed by atoms with Crippen LogP contribution in [0.1, 0.15) is 19.8 Å². The van der Waals surface area contributed by atoms with Gasteiger partial charge < -0.3 is 21.3 Å². The number of hydrogen-bond acceptors (Lipinski definition) is 3. The maximum atomic E-state index is 9.90. The van der Waals surface area contributed by atoms with Crippen molar-refractivity contribution in [3.8, 4) is 0 Å². The van der Waals surface area contributed by atoms with E-state index in [0.717, 1.165) is 0 Å². The van der Waals surface area contributed by atoms with Crippen LogP contribution in [0.25, 0.3) is 0 Å². The van der Waals surface area contributed by atoms with Crippen molar-refractivity contribution in [2.45, 2.75) is 19.8 Å². The van der Waals surface area contributed by atoms with Gasteiger partial charge in [-0.05, 0) is 0 Å². The molecule has 2 amide bonds. The van der Waals surface area contributed by atoms with Crippen LogP contribution in [0.15, 0.2) is 0 Å². The van der Waals surface area contributed by atoms with E-state index in [2.05, 4.69) is 11.1 Å². The molecule has 0 spiro atoms. The van der Waals surface area contributed by atoms with Crippen LogP contribution in [-0.4, -0.2) is 34.7 Å². The van der Waals surface area contributed by atoms with Crippen LogP contribution in [0.5, 0.6) is 0 Å². The van der Waals surface area contributed by atoms with Gasteiger partial charge in [0.15, 0.2) is 0 Å². The van der Waals surface area contributed by atoms with Crippen molar-refractivity contribution in [1.29, 1.82) is 0 Å². The van der Waals surface area contributed by atoms with Crippen molar-refractivity contribution in [3.63, 3.8) is 0 Å². The highest BCUT2D eigenvalue weighted by molar-refractivity contribution is 5.73. The molecule has 0 radical (unpaired) electrons. The number of nitrogens with one attached hydrogen (secondary N) is 1. The second-order valence-electron chi connectivity index (χ2n) is 2.18. The number of hydrogen-bond donors (Lipinski definition) is 4. The van der Waals surface area contributed by atoms with E-state index in [-0.39, 0.29) is 19.4 Å². The van der Waals surface area contributed by atoms with Crippen molar-refractivity contribution < 1.29 is 24.6 Å². The normalized spacial score (nSPS) is 8.07. The van der Waals surface area contributed by atoms with Gasteiger partial charge in [0.05, 0.1) is 6.42 Å². The molecule has 0 unspecified atom stereocenters. The van der Waals surface area contributed by atoms with Crippen LogP contribution >= 0.6 is 0 Å². The molecule has 0 aromatic heterocycles. The minimum atomic E-state index is -0.955. The van der Waals surface area contributed by atoms with Crippen molar-refractivity contribution in [2.75, 3.05) is 6.54 Å². The van der Waals surface area contributed by atoms with Gasteiger partial charge in [-0.3, -0.25) is 9.59 Å². The lowest BCUT2D eigenvalue weighted by atomic mass is 10.4. The zero-order valence-corrected chi connectivity index (χ0v) is 7.82. The number of carboxylic acids is 2. The Morgan fingerprint density at radius 3 is 1.86 bits per heavy atom. The second-order valence-corrected chi connectivity index (χ2v) is 2.18. The molecule has 0 aromatic rings. The van der Waals surface area contributed by atoms with E-state index in [0.29, 0.717) is 0 Å². The summed E-state index contributed by atoms with van der Waals surface area (Å²) >= 11 is 0. The first-order valence-electron chi connectivity index (χ1n) is 3.87. The second kappa shape index (κ2) is 9.30. The molecule has 0 heterocycles. The third-order valence-corrected chi connectivity index (χ3v) is 0.941. The molecule has 0 rings (SSSR count). The first kappa shape index (κ1) is 14.7. The first-order valence-corrected chi connectivity index (χ1v) is 3.87. The summed E-state index contributed by atoms with van der Waals surface area (Å²) in [6, 6.07) is -0.698. The highest BCUT2D eigenvalue weighted by Crippen LogP contribution is 1.72. The highest BCUT2D eigenvalue weighted by Gasteiger charge is 1.95. The topological polar surface area (TPSA) is 130 Å². The number of rotatable bonds is 4. The van der Waals surface area contributed by atoms with Gasteiger partial charge >= 0.3 is 18.0 Å². The summed E-state index contributed by atoms with van der Waals surface area (Å²) in [5, 5.41) is 17.9. The van der Waals surface area contributed by atoms with Crippen molar-refractivity contribution in [2.24, 2.45) is 5.73 Å². The maximum Gasteiger partial charge on any atom is 0.312 e. The largest absolute Gasteiger partial charge is 0.481 e. The molecule has 0 aliphatic rings. The summed E-state index contributed by atoms with van der Waals surface area (Å²) in [6.45, 7) is 1.69. The van der Waals surface area contributed by atoms with E-state index in [1.165, 1.54) is 0 Å². The highest BCUT2D eigenvalue weighted by atomic mass is 16.4. The van der Waals surface area contributed by atoms with Crippen LogP contribution < -0.4 is 11.1 Å². The van der Waals surface area contributed by atoms with Crippen LogP contribution in [0.2, 0.25) is 0 Å². The Morgan fingerprint density at radius 2 is 1.64 bits per heavy atom. The van der Waals surface area contributed by atoms with Gasteiger partial charge in [-0.2, -0.15) is 0 Å². The number of carbonyl (C=O) groups excluding carboxylic acids is 1. The van der Waals surface area contributed by atoms with Crippen molar-refractivity contribution in [1.82, 2.24) is 5.32 Å². The Labute approximate surface area is 80.9 Å². The molecule has 14 heavy (non-hydrogen) atoms. The lowest BCUT2D eigenvalue weighted by Gasteiger charge is -1.95. The number of carbonyl (C=O) groups is 3. The van der Waals surface area contributed by atoms with Gasteiger partial charge in [-0.15, -0.1) is 0 Å².